The van der Waals surface area contributed by atoms with Crippen LogP contribution in [0.15, 0.2) is 24.3 Å². The molecule has 7 heteroatoms. The number of carboxylic acids is 1. The molecule has 0 aliphatic carbocycles. The molecule has 1 fully saturated rings. The standard InChI is InChI=1S/C15H15FN2O4/c16-10-1-2-12-9(5-10)6-13(17-12)15(21)18-3-4-22-8-11(18)7-14(19)20/h1-2,5-6,11,17H,3-4,7-8H2,(H,19,20). The maximum absolute atomic E-state index is 13.2. The van der Waals surface area contributed by atoms with Crippen molar-refractivity contribution in [3.8, 4) is 0 Å². The highest BCUT2D eigenvalue weighted by Gasteiger charge is 2.30. The number of nitrogens with zero attached hydrogens (tertiary/aromatic N) is 1. The average molecular weight is 306 g/mol. The normalized spacial score (nSPS) is 18.6. The molecule has 1 amide bonds. The van der Waals surface area contributed by atoms with Gasteiger partial charge in [-0.3, -0.25) is 9.59 Å². The van der Waals surface area contributed by atoms with Gasteiger partial charge >= 0.3 is 5.97 Å². The number of aromatic nitrogens is 1. The molecule has 1 saturated heterocycles. The summed E-state index contributed by atoms with van der Waals surface area (Å²) in [5, 5.41) is 9.54. The van der Waals surface area contributed by atoms with Gasteiger partial charge in [-0.05, 0) is 24.3 Å². The smallest absolute Gasteiger partial charge is 0.305 e. The van der Waals surface area contributed by atoms with Crippen LogP contribution in [0.3, 0.4) is 0 Å². The number of morpholine rings is 1. The van der Waals surface area contributed by atoms with Gasteiger partial charge in [0.15, 0.2) is 0 Å². The fourth-order valence-corrected chi connectivity index (χ4v) is 2.67. The summed E-state index contributed by atoms with van der Waals surface area (Å²) in [7, 11) is 0. The molecule has 1 aromatic carbocycles. The molecule has 1 unspecified atom stereocenters. The van der Waals surface area contributed by atoms with Crippen LogP contribution in [0, 0.1) is 5.82 Å². The lowest BCUT2D eigenvalue weighted by molar-refractivity contribution is -0.139. The first-order chi connectivity index (χ1) is 10.5. The number of aliphatic carboxylic acids is 1. The Hall–Kier alpha value is -2.41. The Morgan fingerprint density at radius 1 is 1.41 bits per heavy atom. The van der Waals surface area contributed by atoms with E-state index in [1.165, 1.54) is 17.0 Å². The van der Waals surface area contributed by atoms with Gasteiger partial charge in [0, 0.05) is 17.4 Å². The van der Waals surface area contributed by atoms with Crippen LogP contribution in [-0.4, -0.2) is 52.7 Å². The first-order valence-corrected chi connectivity index (χ1v) is 6.93. The van der Waals surface area contributed by atoms with Crippen LogP contribution in [0.4, 0.5) is 4.39 Å². The third-order valence-electron chi connectivity index (χ3n) is 3.71. The molecule has 116 valence electrons. The van der Waals surface area contributed by atoms with E-state index < -0.39 is 12.0 Å². The van der Waals surface area contributed by atoms with Crippen molar-refractivity contribution in [1.82, 2.24) is 9.88 Å². The Balaban J connectivity index is 1.87. The number of ether oxygens (including phenoxy) is 1. The maximum Gasteiger partial charge on any atom is 0.305 e. The summed E-state index contributed by atoms with van der Waals surface area (Å²) in [5.74, 6) is -1.65. The van der Waals surface area contributed by atoms with Gasteiger partial charge in [0.1, 0.15) is 11.5 Å². The molecule has 1 atom stereocenters. The predicted molar refractivity (Wildman–Crippen MR) is 76.2 cm³/mol. The van der Waals surface area contributed by atoms with Crippen molar-refractivity contribution in [2.45, 2.75) is 12.5 Å². The number of fused-ring (bicyclic) bond motifs is 1. The lowest BCUT2D eigenvalue weighted by atomic mass is 10.1. The van der Waals surface area contributed by atoms with E-state index in [-0.39, 0.29) is 24.8 Å². The van der Waals surface area contributed by atoms with Crippen molar-refractivity contribution in [1.29, 1.82) is 0 Å². The number of carbonyl (C=O) groups is 2. The molecule has 1 aliphatic rings. The molecule has 0 saturated carbocycles. The summed E-state index contributed by atoms with van der Waals surface area (Å²) in [6, 6.07) is 5.30. The number of hydrogen-bond acceptors (Lipinski definition) is 3. The van der Waals surface area contributed by atoms with Gasteiger partial charge in [0.05, 0.1) is 25.7 Å². The van der Waals surface area contributed by atoms with Gasteiger partial charge in [-0.25, -0.2) is 4.39 Å². The fourth-order valence-electron chi connectivity index (χ4n) is 2.67. The molecule has 6 nitrogen and oxygen atoms in total. The van der Waals surface area contributed by atoms with Crippen LogP contribution in [0.5, 0.6) is 0 Å². The second-order valence-electron chi connectivity index (χ2n) is 5.24. The number of nitrogens with one attached hydrogen (secondary N) is 1. The molecule has 0 radical (unpaired) electrons. The predicted octanol–water partition coefficient (Wildman–Crippen LogP) is 1.62. The highest BCUT2D eigenvalue weighted by Crippen LogP contribution is 2.20. The Labute approximate surface area is 125 Å². The Bertz CT molecular complexity index is 727. The largest absolute Gasteiger partial charge is 0.481 e. The number of rotatable bonds is 3. The fraction of sp³-hybridized carbons (Fsp3) is 0.333. The average Bonchev–Trinajstić information content (AvgIpc) is 2.89. The van der Waals surface area contributed by atoms with Gasteiger partial charge in [0.2, 0.25) is 0 Å². The number of hydrogen-bond donors (Lipinski definition) is 2. The zero-order chi connectivity index (χ0) is 15.7. The summed E-state index contributed by atoms with van der Waals surface area (Å²) in [4.78, 5) is 28.0. The highest BCUT2D eigenvalue weighted by molar-refractivity contribution is 5.98. The maximum atomic E-state index is 13.2. The Kier molecular flexibility index (Phi) is 3.81. The molecule has 2 heterocycles. The van der Waals surface area contributed by atoms with Crippen LogP contribution < -0.4 is 0 Å². The van der Waals surface area contributed by atoms with E-state index in [0.717, 1.165) is 0 Å². The van der Waals surface area contributed by atoms with E-state index in [0.29, 0.717) is 29.7 Å². The van der Waals surface area contributed by atoms with E-state index in [2.05, 4.69) is 4.98 Å². The molecule has 22 heavy (non-hydrogen) atoms. The molecule has 3 rings (SSSR count). The monoisotopic (exact) mass is 306 g/mol. The zero-order valence-electron chi connectivity index (χ0n) is 11.7. The Morgan fingerprint density at radius 3 is 3.00 bits per heavy atom. The molecule has 2 aromatic rings. The minimum atomic E-state index is -0.980. The summed E-state index contributed by atoms with van der Waals surface area (Å²) in [5.41, 5.74) is 0.977. The van der Waals surface area contributed by atoms with Crippen molar-refractivity contribution in [3.63, 3.8) is 0 Å². The second-order valence-corrected chi connectivity index (χ2v) is 5.24. The lowest BCUT2D eigenvalue weighted by Gasteiger charge is -2.34. The number of halogens is 1. The van der Waals surface area contributed by atoms with Crippen LogP contribution in [-0.2, 0) is 9.53 Å². The molecule has 2 N–H and O–H groups in total. The molecular weight excluding hydrogens is 291 g/mol. The van der Waals surface area contributed by atoms with Gasteiger partial charge in [-0.1, -0.05) is 0 Å². The highest BCUT2D eigenvalue weighted by atomic mass is 19.1. The number of carboxylic acid groups (broad SMARTS) is 1. The number of benzene rings is 1. The number of amides is 1. The van der Waals surface area contributed by atoms with Gasteiger partial charge in [0.25, 0.3) is 5.91 Å². The van der Waals surface area contributed by atoms with Gasteiger partial charge < -0.3 is 19.7 Å². The van der Waals surface area contributed by atoms with E-state index in [1.807, 2.05) is 0 Å². The topological polar surface area (TPSA) is 82.6 Å². The van der Waals surface area contributed by atoms with Crippen molar-refractivity contribution in [2.75, 3.05) is 19.8 Å². The molecule has 1 aromatic heterocycles. The summed E-state index contributed by atoms with van der Waals surface area (Å²) < 4.78 is 18.5. The number of carbonyl (C=O) groups excluding carboxylic acids is 1. The van der Waals surface area contributed by atoms with Crippen molar-refractivity contribution in [2.24, 2.45) is 0 Å². The van der Waals surface area contributed by atoms with E-state index in [4.69, 9.17) is 9.84 Å². The quantitative estimate of drug-likeness (QED) is 0.903. The summed E-state index contributed by atoms with van der Waals surface area (Å²) in [6.07, 6.45) is -0.166. The van der Waals surface area contributed by atoms with Gasteiger partial charge in [-0.2, -0.15) is 0 Å². The van der Waals surface area contributed by atoms with Crippen molar-refractivity contribution in [3.05, 3.63) is 35.8 Å². The minimum absolute atomic E-state index is 0.166. The zero-order valence-corrected chi connectivity index (χ0v) is 11.7. The minimum Gasteiger partial charge on any atom is -0.481 e. The van der Waals surface area contributed by atoms with E-state index in [1.54, 1.807) is 12.1 Å². The molecular formula is C15H15FN2O4. The van der Waals surface area contributed by atoms with Crippen LogP contribution >= 0.6 is 0 Å². The number of aromatic amines is 1. The summed E-state index contributed by atoms with van der Waals surface area (Å²) in [6.45, 7) is 0.907. The molecule has 1 aliphatic heterocycles. The summed E-state index contributed by atoms with van der Waals surface area (Å²) >= 11 is 0. The van der Waals surface area contributed by atoms with Crippen LogP contribution in [0.1, 0.15) is 16.9 Å². The second kappa shape index (κ2) is 5.76. The Morgan fingerprint density at radius 2 is 2.23 bits per heavy atom. The third kappa shape index (κ3) is 2.80. The number of H-pyrrole nitrogens is 1. The van der Waals surface area contributed by atoms with Crippen molar-refractivity contribution < 1.29 is 23.8 Å². The van der Waals surface area contributed by atoms with E-state index in [9.17, 15) is 14.0 Å². The molecule has 0 bridgehead atoms. The SMILES string of the molecule is O=C(O)CC1COCCN1C(=O)c1cc2cc(F)ccc2[nH]1. The van der Waals surface area contributed by atoms with Crippen LogP contribution in [0.25, 0.3) is 10.9 Å². The first kappa shape index (κ1) is 14.5. The van der Waals surface area contributed by atoms with Crippen LogP contribution in [0.2, 0.25) is 0 Å². The first-order valence-electron chi connectivity index (χ1n) is 6.93. The van der Waals surface area contributed by atoms with Crippen molar-refractivity contribution >= 4 is 22.8 Å². The van der Waals surface area contributed by atoms with Gasteiger partial charge in [-0.15, -0.1) is 0 Å². The third-order valence-corrected chi connectivity index (χ3v) is 3.71. The lowest BCUT2D eigenvalue weighted by Crippen LogP contribution is -2.49. The molecule has 0 spiro atoms. The van der Waals surface area contributed by atoms with E-state index >= 15 is 0 Å².